The summed E-state index contributed by atoms with van der Waals surface area (Å²) in [5.41, 5.74) is 3.84. The number of hydroxylamine groups is 1. The van der Waals surface area contributed by atoms with Crippen LogP contribution in [0.1, 0.15) is 42.1 Å². The molecule has 2 unspecified atom stereocenters. The lowest BCUT2D eigenvalue weighted by molar-refractivity contribution is -0.126. The fourth-order valence-electron chi connectivity index (χ4n) is 2.62. The number of aliphatic hydroxyl groups excluding tert-OH is 1. The van der Waals surface area contributed by atoms with Gasteiger partial charge in [-0.1, -0.05) is 11.6 Å². The van der Waals surface area contributed by atoms with Gasteiger partial charge in [-0.2, -0.15) is 5.48 Å². The number of carbonyl (C=O) groups excluding carboxylic acids is 2. The first-order chi connectivity index (χ1) is 10.5. The summed E-state index contributed by atoms with van der Waals surface area (Å²) >= 11 is 6.10. The fourth-order valence-corrected chi connectivity index (χ4v) is 2.80. The second kappa shape index (κ2) is 7.83. The Balaban J connectivity index is 2.18. The van der Waals surface area contributed by atoms with Gasteiger partial charge in [0.05, 0.1) is 12.7 Å². The summed E-state index contributed by atoms with van der Waals surface area (Å²) in [6, 6.07) is 4.85. The van der Waals surface area contributed by atoms with Crippen molar-refractivity contribution in [3.05, 3.63) is 34.3 Å². The van der Waals surface area contributed by atoms with E-state index in [0.29, 0.717) is 48.6 Å². The lowest BCUT2D eigenvalue weighted by Gasteiger charge is -2.25. The Morgan fingerprint density at radius 3 is 2.95 bits per heavy atom. The van der Waals surface area contributed by atoms with E-state index in [1.165, 1.54) is 0 Å². The van der Waals surface area contributed by atoms with E-state index in [1.54, 1.807) is 18.2 Å². The third kappa shape index (κ3) is 3.93. The number of ketones is 2. The predicted octanol–water partition coefficient (Wildman–Crippen LogP) is 2.29. The molecule has 0 spiro atoms. The van der Waals surface area contributed by atoms with Crippen molar-refractivity contribution < 1.29 is 19.5 Å². The lowest BCUT2D eigenvalue weighted by atomic mass is 9.80. The summed E-state index contributed by atoms with van der Waals surface area (Å²) < 4.78 is 0. The molecular weight excluding hydrogens is 306 g/mol. The molecule has 120 valence electrons. The minimum absolute atomic E-state index is 0.187. The van der Waals surface area contributed by atoms with E-state index in [-0.39, 0.29) is 11.6 Å². The monoisotopic (exact) mass is 325 g/mol. The van der Waals surface area contributed by atoms with Crippen LogP contribution in [-0.4, -0.2) is 29.4 Å². The minimum atomic E-state index is -0.956. The quantitative estimate of drug-likeness (QED) is 0.363. The van der Waals surface area contributed by atoms with Crippen molar-refractivity contribution >= 4 is 23.2 Å². The Morgan fingerprint density at radius 1 is 1.50 bits per heavy atom. The molecule has 0 bridgehead atoms. The summed E-state index contributed by atoms with van der Waals surface area (Å²) in [5, 5.41) is 10.5. The highest BCUT2D eigenvalue weighted by molar-refractivity contribution is 6.31. The summed E-state index contributed by atoms with van der Waals surface area (Å²) in [7, 11) is 0. The van der Waals surface area contributed by atoms with Crippen LogP contribution in [0.4, 0.5) is 0 Å². The number of benzene rings is 1. The summed E-state index contributed by atoms with van der Waals surface area (Å²) in [5.74, 6) is -1.48. The summed E-state index contributed by atoms with van der Waals surface area (Å²) in [6.45, 7) is 2.72. The zero-order chi connectivity index (χ0) is 16.1. The van der Waals surface area contributed by atoms with Gasteiger partial charge in [0.25, 0.3) is 0 Å². The fraction of sp³-hybridized carbons (Fsp3) is 0.500. The van der Waals surface area contributed by atoms with Gasteiger partial charge in [0.2, 0.25) is 0 Å². The number of hydrogen-bond donors (Lipinski definition) is 2. The van der Waals surface area contributed by atoms with Crippen LogP contribution < -0.4 is 5.48 Å². The van der Waals surface area contributed by atoms with Gasteiger partial charge in [0.1, 0.15) is 11.7 Å². The van der Waals surface area contributed by atoms with Crippen LogP contribution in [0.25, 0.3) is 0 Å². The molecule has 1 fully saturated rings. The SMILES string of the molecule is CCONCc1cc(C(=O)C2C(=O)CCCC2O)ccc1Cl. The van der Waals surface area contributed by atoms with Crippen LogP contribution in [0.3, 0.4) is 0 Å². The first-order valence-electron chi connectivity index (χ1n) is 7.42. The second-order valence-electron chi connectivity index (χ2n) is 5.33. The molecule has 2 N–H and O–H groups in total. The molecule has 1 aliphatic rings. The van der Waals surface area contributed by atoms with Crippen molar-refractivity contribution in [3.8, 4) is 0 Å². The highest BCUT2D eigenvalue weighted by Crippen LogP contribution is 2.26. The topological polar surface area (TPSA) is 75.6 Å². The Labute approximate surface area is 134 Å². The number of aliphatic hydroxyl groups is 1. The van der Waals surface area contributed by atoms with Crippen LogP contribution in [0.2, 0.25) is 5.02 Å². The summed E-state index contributed by atoms with van der Waals surface area (Å²) in [4.78, 5) is 29.5. The smallest absolute Gasteiger partial charge is 0.175 e. The van der Waals surface area contributed by atoms with Crippen LogP contribution in [-0.2, 0) is 16.2 Å². The van der Waals surface area contributed by atoms with Crippen LogP contribution in [0.15, 0.2) is 18.2 Å². The molecule has 0 aliphatic heterocycles. The third-order valence-corrected chi connectivity index (χ3v) is 4.15. The molecule has 0 saturated heterocycles. The van der Waals surface area contributed by atoms with E-state index in [0.717, 1.165) is 0 Å². The molecule has 2 atom stereocenters. The first kappa shape index (κ1) is 17.1. The molecule has 1 aromatic carbocycles. The van der Waals surface area contributed by atoms with E-state index < -0.39 is 12.0 Å². The maximum absolute atomic E-state index is 12.5. The van der Waals surface area contributed by atoms with Gasteiger partial charge in [-0.3, -0.25) is 9.59 Å². The normalized spacial score (nSPS) is 21.9. The van der Waals surface area contributed by atoms with Gasteiger partial charge in [0, 0.05) is 23.6 Å². The number of carbonyl (C=O) groups is 2. The van der Waals surface area contributed by atoms with Crippen molar-refractivity contribution in [2.75, 3.05) is 6.61 Å². The van der Waals surface area contributed by atoms with E-state index in [4.69, 9.17) is 16.4 Å². The molecular formula is C16H20ClNO4. The zero-order valence-electron chi connectivity index (χ0n) is 12.5. The maximum atomic E-state index is 12.5. The number of hydrogen-bond acceptors (Lipinski definition) is 5. The van der Waals surface area contributed by atoms with Gasteiger partial charge < -0.3 is 9.94 Å². The molecule has 5 nitrogen and oxygen atoms in total. The van der Waals surface area contributed by atoms with Crippen molar-refractivity contribution in [2.45, 2.75) is 38.8 Å². The van der Waals surface area contributed by atoms with E-state index in [2.05, 4.69) is 5.48 Å². The molecule has 1 aliphatic carbocycles. The van der Waals surface area contributed by atoms with Gasteiger partial charge >= 0.3 is 0 Å². The number of rotatable bonds is 6. The predicted molar refractivity (Wildman–Crippen MR) is 82.6 cm³/mol. The average Bonchev–Trinajstić information content (AvgIpc) is 2.49. The van der Waals surface area contributed by atoms with Crippen molar-refractivity contribution in [1.82, 2.24) is 5.48 Å². The maximum Gasteiger partial charge on any atom is 0.175 e. The largest absolute Gasteiger partial charge is 0.392 e. The lowest BCUT2D eigenvalue weighted by Crippen LogP contribution is -2.38. The third-order valence-electron chi connectivity index (χ3n) is 3.78. The molecule has 22 heavy (non-hydrogen) atoms. The molecule has 6 heteroatoms. The zero-order valence-corrected chi connectivity index (χ0v) is 13.2. The molecule has 2 rings (SSSR count). The standard InChI is InChI=1S/C16H20ClNO4/c1-2-22-18-9-11-8-10(6-7-12(11)17)16(21)15-13(19)4-3-5-14(15)20/h6-8,13,15,18-19H,2-5,9H2,1H3. The van der Waals surface area contributed by atoms with Gasteiger partial charge in [-0.25, -0.2) is 0 Å². The van der Waals surface area contributed by atoms with Crippen LogP contribution in [0, 0.1) is 5.92 Å². The molecule has 1 aromatic rings. The minimum Gasteiger partial charge on any atom is -0.392 e. The van der Waals surface area contributed by atoms with E-state index in [1.807, 2.05) is 6.92 Å². The van der Waals surface area contributed by atoms with E-state index in [9.17, 15) is 14.7 Å². The molecule has 1 saturated carbocycles. The van der Waals surface area contributed by atoms with Crippen molar-refractivity contribution in [2.24, 2.45) is 5.92 Å². The second-order valence-corrected chi connectivity index (χ2v) is 5.74. The molecule has 0 amide bonds. The Hall–Kier alpha value is -1.27. The Kier molecular flexibility index (Phi) is 6.08. The highest BCUT2D eigenvalue weighted by atomic mass is 35.5. The summed E-state index contributed by atoms with van der Waals surface area (Å²) in [6.07, 6.45) is 0.566. The Morgan fingerprint density at radius 2 is 2.27 bits per heavy atom. The van der Waals surface area contributed by atoms with Crippen LogP contribution in [0.5, 0.6) is 0 Å². The van der Waals surface area contributed by atoms with Gasteiger partial charge in [-0.15, -0.1) is 0 Å². The molecule has 0 radical (unpaired) electrons. The van der Waals surface area contributed by atoms with Crippen molar-refractivity contribution in [1.29, 1.82) is 0 Å². The Bertz CT molecular complexity index is 561. The molecule has 0 aromatic heterocycles. The van der Waals surface area contributed by atoms with Gasteiger partial charge in [-0.05, 0) is 43.5 Å². The first-order valence-corrected chi connectivity index (χ1v) is 7.80. The number of nitrogens with one attached hydrogen (secondary N) is 1. The number of halogens is 1. The van der Waals surface area contributed by atoms with E-state index >= 15 is 0 Å². The highest BCUT2D eigenvalue weighted by Gasteiger charge is 2.36. The van der Waals surface area contributed by atoms with Crippen molar-refractivity contribution in [3.63, 3.8) is 0 Å². The molecule has 0 heterocycles. The van der Waals surface area contributed by atoms with Gasteiger partial charge in [0.15, 0.2) is 5.78 Å². The van der Waals surface area contributed by atoms with Crippen LogP contribution >= 0.6 is 11.6 Å². The number of Topliss-reactive ketones (excluding diaryl/α,β-unsaturated/α-hetero) is 2. The average molecular weight is 326 g/mol.